The van der Waals surface area contributed by atoms with E-state index in [9.17, 15) is 0 Å². The Morgan fingerprint density at radius 1 is 0.778 bits per heavy atom. The molecule has 5 aromatic rings. The molecular weight excluding hydrogens is 328 g/mol. The summed E-state index contributed by atoms with van der Waals surface area (Å²) >= 11 is 0. The van der Waals surface area contributed by atoms with E-state index in [0.29, 0.717) is 0 Å². The van der Waals surface area contributed by atoms with E-state index in [1.165, 1.54) is 44.0 Å². The number of para-hydroxylation sites is 2. The van der Waals surface area contributed by atoms with Crippen LogP contribution < -0.4 is 0 Å². The van der Waals surface area contributed by atoms with E-state index in [1.54, 1.807) is 0 Å². The molecule has 0 fully saturated rings. The predicted octanol–water partition coefficient (Wildman–Crippen LogP) is 6.62. The minimum absolute atomic E-state index is 0.183. The van der Waals surface area contributed by atoms with Gasteiger partial charge < -0.3 is 9.55 Å². The number of rotatable bonds is 2. The van der Waals surface area contributed by atoms with Crippen molar-refractivity contribution in [2.75, 3.05) is 0 Å². The van der Waals surface area contributed by atoms with Crippen LogP contribution in [0.25, 0.3) is 32.8 Å². The molecule has 0 aliphatic heterocycles. The first-order valence-electron chi connectivity index (χ1n) is 9.59. The average molecular weight is 352 g/mol. The van der Waals surface area contributed by atoms with Crippen molar-refractivity contribution in [3.63, 3.8) is 0 Å². The second-order valence-corrected chi connectivity index (χ2v) is 8.44. The largest absolute Gasteiger partial charge is 0.353 e. The molecule has 0 saturated heterocycles. The third kappa shape index (κ3) is 2.56. The van der Waals surface area contributed by atoms with Crippen molar-refractivity contribution in [1.82, 2.24) is 9.55 Å². The van der Waals surface area contributed by atoms with Gasteiger partial charge >= 0.3 is 0 Å². The lowest BCUT2D eigenvalue weighted by Gasteiger charge is -2.19. The quantitative estimate of drug-likeness (QED) is 0.368. The van der Waals surface area contributed by atoms with Crippen molar-refractivity contribution >= 4 is 32.8 Å². The van der Waals surface area contributed by atoms with Crippen molar-refractivity contribution < 1.29 is 0 Å². The third-order valence-electron chi connectivity index (χ3n) is 5.57. The topological polar surface area (TPSA) is 20.7 Å². The highest BCUT2D eigenvalue weighted by Gasteiger charge is 2.16. The van der Waals surface area contributed by atoms with Crippen LogP contribution in [0, 0.1) is 0 Å². The molecule has 0 unspecified atom stereocenters. The second kappa shape index (κ2) is 5.75. The maximum absolute atomic E-state index is 3.64. The Labute approximate surface area is 159 Å². The molecule has 2 nitrogen and oxygen atoms in total. The standard InChI is InChI=1S/C25H24N2/c1-25(2,3)18-14-12-17(13-15-18)16-27-22-11-7-5-9-20(22)23-24(27)19-8-4-6-10-21(19)26-23/h4-15,26H,16H2,1-3H3. The lowest BCUT2D eigenvalue weighted by atomic mass is 9.87. The Hall–Kier alpha value is -3.00. The highest BCUT2D eigenvalue weighted by Crippen LogP contribution is 2.34. The fraction of sp³-hybridized carbons (Fsp3) is 0.200. The normalized spacial score (nSPS) is 12.4. The molecule has 0 radical (unpaired) electrons. The summed E-state index contributed by atoms with van der Waals surface area (Å²) in [7, 11) is 0. The first kappa shape index (κ1) is 16.2. The van der Waals surface area contributed by atoms with E-state index in [0.717, 1.165) is 6.54 Å². The van der Waals surface area contributed by atoms with Crippen LogP contribution in [0.4, 0.5) is 0 Å². The van der Waals surface area contributed by atoms with Gasteiger partial charge in [0, 0.05) is 22.8 Å². The zero-order chi connectivity index (χ0) is 18.6. The Kier molecular flexibility index (Phi) is 3.45. The number of aromatic amines is 1. The summed E-state index contributed by atoms with van der Waals surface area (Å²) in [6.45, 7) is 7.65. The Morgan fingerprint density at radius 2 is 1.44 bits per heavy atom. The first-order chi connectivity index (χ1) is 13.0. The maximum atomic E-state index is 3.64. The Bertz CT molecular complexity index is 1260. The summed E-state index contributed by atoms with van der Waals surface area (Å²) in [6, 6.07) is 26.4. The molecule has 134 valence electrons. The van der Waals surface area contributed by atoms with E-state index in [4.69, 9.17) is 0 Å². The molecule has 0 saturated carbocycles. The second-order valence-electron chi connectivity index (χ2n) is 8.44. The lowest BCUT2D eigenvalue weighted by Crippen LogP contribution is -2.11. The molecule has 27 heavy (non-hydrogen) atoms. The van der Waals surface area contributed by atoms with Crippen molar-refractivity contribution in [1.29, 1.82) is 0 Å². The van der Waals surface area contributed by atoms with Crippen LogP contribution in [0.2, 0.25) is 0 Å². The number of nitrogens with zero attached hydrogens (tertiary/aromatic N) is 1. The number of nitrogens with one attached hydrogen (secondary N) is 1. The molecule has 2 heteroatoms. The Balaban J connectivity index is 1.71. The molecule has 3 aromatic carbocycles. The van der Waals surface area contributed by atoms with Crippen LogP contribution >= 0.6 is 0 Å². The Morgan fingerprint density at radius 3 is 2.19 bits per heavy atom. The molecule has 0 aliphatic carbocycles. The van der Waals surface area contributed by atoms with E-state index in [2.05, 4.69) is 103 Å². The number of hydrogen-bond acceptors (Lipinski definition) is 0. The number of aromatic nitrogens is 2. The van der Waals surface area contributed by atoms with Gasteiger partial charge in [-0.25, -0.2) is 0 Å². The van der Waals surface area contributed by atoms with Crippen LogP contribution in [0.15, 0.2) is 72.8 Å². The molecule has 0 aliphatic rings. The van der Waals surface area contributed by atoms with Crippen molar-refractivity contribution in [2.45, 2.75) is 32.7 Å². The predicted molar refractivity (Wildman–Crippen MR) is 116 cm³/mol. The van der Waals surface area contributed by atoms with Crippen LogP contribution in [-0.4, -0.2) is 9.55 Å². The number of benzene rings is 3. The summed E-state index contributed by atoms with van der Waals surface area (Å²) < 4.78 is 2.45. The van der Waals surface area contributed by atoms with Crippen LogP contribution in [-0.2, 0) is 12.0 Å². The van der Waals surface area contributed by atoms with Gasteiger partial charge in [-0.2, -0.15) is 0 Å². The number of H-pyrrole nitrogens is 1. The molecular formula is C25H24N2. The van der Waals surface area contributed by atoms with Crippen LogP contribution in [0.5, 0.6) is 0 Å². The van der Waals surface area contributed by atoms with Crippen molar-refractivity contribution in [3.05, 3.63) is 83.9 Å². The zero-order valence-corrected chi connectivity index (χ0v) is 16.1. The average Bonchev–Trinajstić information content (AvgIpc) is 3.18. The van der Waals surface area contributed by atoms with Gasteiger partial charge in [-0.15, -0.1) is 0 Å². The van der Waals surface area contributed by atoms with Gasteiger partial charge in [0.15, 0.2) is 0 Å². The summed E-state index contributed by atoms with van der Waals surface area (Å²) in [6.07, 6.45) is 0. The molecule has 0 atom stereocenters. The number of hydrogen-bond donors (Lipinski definition) is 1. The van der Waals surface area contributed by atoms with Gasteiger partial charge in [0.25, 0.3) is 0 Å². The molecule has 1 N–H and O–H groups in total. The summed E-state index contributed by atoms with van der Waals surface area (Å²) in [4.78, 5) is 3.64. The fourth-order valence-corrected chi connectivity index (χ4v) is 4.10. The molecule has 0 spiro atoms. The van der Waals surface area contributed by atoms with E-state index < -0.39 is 0 Å². The van der Waals surface area contributed by atoms with E-state index >= 15 is 0 Å². The van der Waals surface area contributed by atoms with Crippen molar-refractivity contribution in [3.8, 4) is 0 Å². The van der Waals surface area contributed by atoms with E-state index in [1.807, 2.05) is 0 Å². The summed E-state index contributed by atoms with van der Waals surface area (Å²) in [5.74, 6) is 0. The fourth-order valence-electron chi connectivity index (χ4n) is 4.10. The first-order valence-corrected chi connectivity index (χ1v) is 9.59. The maximum Gasteiger partial charge on any atom is 0.0754 e. The van der Waals surface area contributed by atoms with Crippen LogP contribution in [0.3, 0.4) is 0 Å². The smallest absolute Gasteiger partial charge is 0.0754 e. The molecule has 2 heterocycles. The van der Waals surface area contributed by atoms with Gasteiger partial charge in [0.2, 0.25) is 0 Å². The van der Waals surface area contributed by atoms with Gasteiger partial charge in [0.05, 0.1) is 16.6 Å². The minimum atomic E-state index is 0.183. The SMILES string of the molecule is CC(C)(C)c1ccc(Cn2c3ccccc3c3[nH]c4ccccc4c32)cc1. The van der Waals surface area contributed by atoms with Gasteiger partial charge in [-0.05, 0) is 28.7 Å². The third-order valence-corrected chi connectivity index (χ3v) is 5.57. The summed E-state index contributed by atoms with van der Waals surface area (Å²) in [5, 5.41) is 2.57. The monoisotopic (exact) mass is 352 g/mol. The molecule has 0 bridgehead atoms. The van der Waals surface area contributed by atoms with Crippen molar-refractivity contribution in [2.24, 2.45) is 0 Å². The molecule has 5 rings (SSSR count). The van der Waals surface area contributed by atoms with E-state index in [-0.39, 0.29) is 5.41 Å². The minimum Gasteiger partial charge on any atom is -0.353 e. The van der Waals surface area contributed by atoms with Gasteiger partial charge in [-0.3, -0.25) is 0 Å². The molecule has 0 amide bonds. The zero-order valence-electron chi connectivity index (χ0n) is 16.1. The lowest BCUT2D eigenvalue weighted by molar-refractivity contribution is 0.590. The summed E-state index contributed by atoms with van der Waals surface area (Å²) in [5.41, 5.74) is 7.90. The number of fused-ring (bicyclic) bond motifs is 5. The highest BCUT2D eigenvalue weighted by molar-refractivity contribution is 6.17. The highest BCUT2D eigenvalue weighted by atomic mass is 15.0. The van der Waals surface area contributed by atoms with Crippen LogP contribution in [0.1, 0.15) is 31.9 Å². The van der Waals surface area contributed by atoms with Gasteiger partial charge in [-0.1, -0.05) is 81.4 Å². The van der Waals surface area contributed by atoms with Gasteiger partial charge in [0.1, 0.15) is 0 Å². The molecule has 2 aromatic heterocycles.